The topological polar surface area (TPSA) is 47.3 Å². The molecule has 0 spiro atoms. The molecule has 0 aliphatic heterocycles. The predicted octanol–water partition coefficient (Wildman–Crippen LogP) is 2.89. The van der Waals surface area contributed by atoms with Gasteiger partial charge in [0.1, 0.15) is 0 Å². The molecule has 0 unspecified atom stereocenters. The molecule has 0 saturated carbocycles. The zero-order chi connectivity index (χ0) is 10.8. The fraction of sp³-hybridized carbons (Fsp3) is 0.143. The van der Waals surface area contributed by atoms with Gasteiger partial charge in [0.2, 0.25) is 0 Å². The Balaban J connectivity index is 2.68. The standard InChI is InChI=1S/C7H6BrF3N2O/c8-4-1-2-6(5(12)3-4)13-14-7(9,10)11/h1-3,13H,12H2. The summed E-state index contributed by atoms with van der Waals surface area (Å²) in [6.45, 7) is 0. The summed E-state index contributed by atoms with van der Waals surface area (Å²) < 4.78 is 35.5. The first-order valence-corrected chi connectivity index (χ1v) is 4.23. The van der Waals surface area contributed by atoms with Crippen LogP contribution in [0.4, 0.5) is 24.5 Å². The average molecular weight is 271 g/mol. The number of nitrogen functional groups attached to an aromatic ring is 1. The zero-order valence-electron chi connectivity index (χ0n) is 6.73. The van der Waals surface area contributed by atoms with Crippen molar-refractivity contribution >= 4 is 27.3 Å². The smallest absolute Gasteiger partial charge is 0.397 e. The predicted molar refractivity (Wildman–Crippen MR) is 49.3 cm³/mol. The summed E-state index contributed by atoms with van der Waals surface area (Å²) in [5, 5.41) is 0. The molecule has 3 nitrogen and oxygen atoms in total. The lowest BCUT2D eigenvalue weighted by molar-refractivity contribution is -0.311. The van der Waals surface area contributed by atoms with Crippen molar-refractivity contribution in [2.24, 2.45) is 0 Å². The van der Waals surface area contributed by atoms with Crippen molar-refractivity contribution < 1.29 is 18.0 Å². The minimum Gasteiger partial charge on any atom is -0.397 e. The monoisotopic (exact) mass is 270 g/mol. The molecule has 0 saturated heterocycles. The van der Waals surface area contributed by atoms with Gasteiger partial charge in [0.05, 0.1) is 11.4 Å². The third-order valence-corrected chi connectivity index (χ3v) is 1.78. The van der Waals surface area contributed by atoms with Crippen molar-refractivity contribution in [1.29, 1.82) is 0 Å². The molecule has 1 rings (SSSR count). The molecule has 7 heteroatoms. The molecule has 3 N–H and O–H groups in total. The van der Waals surface area contributed by atoms with E-state index >= 15 is 0 Å². The summed E-state index contributed by atoms with van der Waals surface area (Å²) in [5.41, 5.74) is 7.34. The summed E-state index contributed by atoms with van der Waals surface area (Å²) in [4.78, 5) is 3.39. The van der Waals surface area contributed by atoms with E-state index in [-0.39, 0.29) is 11.4 Å². The van der Waals surface area contributed by atoms with E-state index in [2.05, 4.69) is 20.8 Å². The maximum Gasteiger partial charge on any atom is 0.543 e. The average Bonchev–Trinajstić information content (AvgIpc) is 2.00. The molecule has 0 atom stereocenters. The lowest BCUT2D eigenvalue weighted by atomic mass is 10.3. The number of anilines is 2. The van der Waals surface area contributed by atoms with Gasteiger partial charge < -0.3 is 5.73 Å². The molecule has 0 aromatic heterocycles. The van der Waals surface area contributed by atoms with Gasteiger partial charge in [-0.05, 0) is 18.2 Å². The third kappa shape index (κ3) is 3.43. The van der Waals surface area contributed by atoms with Gasteiger partial charge in [-0.3, -0.25) is 5.48 Å². The first-order chi connectivity index (χ1) is 6.38. The number of rotatable bonds is 2. The summed E-state index contributed by atoms with van der Waals surface area (Å²) in [7, 11) is 0. The van der Waals surface area contributed by atoms with Crippen LogP contribution in [-0.4, -0.2) is 6.36 Å². The van der Waals surface area contributed by atoms with Gasteiger partial charge in [0, 0.05) is 4.47 Å². The Labute approximate surface area is 86.1 Å². The van der Waals surface area contributed by atoms with Gasteiger partial charge in [0.15, 0.2) is 0 Å². The highest BCUT2D eigenvalue weighted by Crippen LogP contribution is 2.25. The highest BCUT2D eigenvalue weighted by atomic mass is 79.9. The molecule has 1 aromatic carbocycles. The van der Waals surface area contributed by atoms with E-state index in [1.54, 1.807) is 11.5 Å². The Morgan fingerprint density at radius 2 is 2.00 bits per heavy atom. The van der Waals surface area contributed by atoms with E-state index in [0.717, 1.165) is 0 Å². The first kappa shape index (κ1) is 11.1. The lowest BCUT2D eigenvalue weighted by Gasteiger charge is -2.10. The second-order valence-corrected chi connectivity index (χ2v) is 3.30. The van der Waals surface area contributed by atoms with E-state index in [9.17, 15) is 13.2 Å². The van der Waals surface area contributed by atoms with Gasteiger partial charge in [0.25, 0.3) is 0 Å². The quantitative estimate of drug-likeness (QED) is 0.642. The molecule has 0 fully saturated rings. The normalized spacial score (nSPS) is 11.4. The van der Waals surface area contributed by atoms with Crippen LogP contribution in [0.1, 0.15) is 0 Å². The molecule has 0 aliphatic rings. The molecule has 0 radical (unpaired) electrons. The summed E-state index contributed by atoms with van der Waals surface area (Å²) >= 11 is 3.12. The van der Waals surface area contributed by atoms with Crippen molar-refractivity contribution in [2.45, 2.75) is 6.36 Å². The van der Waals surface area contributed by atoms with E-state index in [4.69, 9.17) is 5.73 Å². The maximum atomic E-state index is 11.6. The second-order valence-electron chi connectivity index (χ2n) is 2.38. The van der Waals surface area contributed by atoms with Crippen LogP contribution in [0, 0.1) is 0 Å². The van der Waals surface area contributed by atoms with Crippen LogP contribution in [0.5, 0.6) is 0 Å². The Hall–Kier alpha value is -0.950. The van der Waals surface area contributed by atoms with Crippen LogP contribution < -0.4 is 11.2 Å². The van der Waals surface area contributed by atoms with Gasteiger partial charge >= 0.3 is 6.36 Å². The Bertz CT molecular complexity index is 329. The van der Waals surface area contributed by atoms with E-state index in [0.29, 0.717) is 4.47 Å². The number of nitrogens with one attached hydrogen (secondary N) is 1. The highest BCUT2D eigenvalue weighted by Gasteiger charge is 2.30. The maximum absolute atomic E-state index is 11.6. The van der Waals surface area contributed by atoms with Crippen molar-refractivity contribution in [3.05, 3.63) is 22.7 Å². The number of hydrogen-bond acceptors (Lipinski definition) is 3. The van der Waals surface area contributed by atoms with Crippen molar-refractivity contribution in [3.63, 3.8) is 0 Å². The number of nitrogens with two attached hydrogens (primary N) is 1. The number of hydrogen-bond donors (Lipinski definition) is 2. The summed E-state index contributed by atoms with van der Waals surface area (Å²) in [5.74, 6) is 0. The van der Waals surface area contributed by atoms with E-state index < -0.39 is 6.36 Å². The molecule has 0 heterocycles. The molecule has 0 aliphatic carbocycles. The highest BCUT2D eigenvalue weighted by molar-refractivity contribution is 9.10. The molecule has 78 valence electrons. The van der Waals surface area contributed by atoms with Crippen LogP contribution in [0.25, 0.3) is 0 Å². The first-order valence-electron chi connectivity index (χ1n) is 3.44. The van der Waals surface area contributed by atoms with Crippen LogP contribution in [0.3, 0.4) is 0 Å². The second kappa shape index (κ2) is 4.05. The fourth-order valence-corrected chi connectivity index (χ4v) is 1.12. The van der Waals surface area contributed by atoms with E-state index in [1.165, 1.54) is 12.1 Å². The van der Waals surface area contributed by atoms with Crippen molar-refractivity contribution in [3.8, 4) is 0 Å². The largest absolute Gasteiger partial charge is 0.543 e. The Kier molecular flexibility index (Phi) is 3.22. The van der Waals surface area contributed by atoms with Gasteiger partial charge in [-0.1, -0.05) is 15.9 Å². The Morgan fingerprint density at radius 3 is 2.50 bits per heavy atom. The van der Waals surface area contributed by atoms with Crippen LogP contribution in [0.15, 0.2) is 22.7 Å². The van der Waals surface area contributed by atoms with Crippen molar-refractivity contribution in [2.75, 3.05) is 11.2 Å². The van der Waals surface area contributed by atoms with Gasteiger partial charge in [-0.15, -0.1) is 13.2 Å². The molecule has 14 heavy (non-hydrogen) atoms. The van der Waals surface area contributed by atoms with Crippen LogP contribution >= 0.6 is 15.9 Å². The molecule has 1 aromatic rings. The third-order valence-electron chi connectivity index (χ3n) is 1.29. The molecular formula is C7H6BrF3N2O. The summed E-state index contributed by atoms with van der Waals surface area (Å²) in [6.07, 6.45) is -4.74. The molecule has 0 bridgehead atoms. The number of alkyl halides is 3. The van der Waals surface area contributed by atoms with E-state index in [1.807, 2.05) is 0 Å². The minimum absolute atomic E-state index is 0.0607. The minimum atomic E-state index is -4.74. The zero-order valence-corrected chi connectivity index (χ0v) is 8.32. The van der Waals surface area contributed by atoms with Crippen LogP contribution in [0.2, 0.25) is 0 Å². The molecular weight excluding hydrogens is 265 g/mol. The fourth-order valence-electron chi connectivity index (χ4n) is 0.739. The number of halogens is 4. The summed E-state index contributed by atoms with van der Waals surface area (Å²) in [6, 6.07) is 4.37. The molecule has 0 amide bonds. The van der Waals surface area contributed by atoms with Crippen LogP contribution in [-0.2, 0) is 4.84 Å². The van der Waals surface area contributed by atoms with Gasteiger partial charge in [-0.2, -0.15) is 4.84 Å². The number of benzene rings is 1. The van der Waals surface area contributed by atoms with Gasteiger partial charge in [-0.25, -0.2) is 0 Å². The SMILES string of the molecule is Nc1cc(Br)ccc1NOC(F)(F)F. The van der Waals surface area contributed by atoms with Crippen molar-refractivity contribution in [1.82, 2.24) is 0 Å². The Morgan fingerprint density at radius 1 is 1.36 bits per heavy atom. The lowest BCUT2D eigenvalue weighted by Crippen LogP contribution is -2.18.